The van der Waals surface area contributed by atoms with E-state index in [-0.39, 0.29) is 18.2 Å². The summed E-state index contributed by atoms with van der Waals surface area (Å²) in [5.41, 5.74) is 10.3. The molecule has 0 saturated carbocycles. The number of hydroxylamine groups is 2. The van der Waals surface area contributed by atoms with Gasteiger partial charge in [0.15, 0.2) is 0 Å². The maximum Gasteiger partial charge on any atom is 0.326 e. The highest BCUT2D eigenvalue weighted by Gasteiger charge is 2.34. The summed E-state index contributed by atoms with van der Waals surface area (Å²) in [5, 5.41) is 10.8. The van der Waals surface area contributed by atoms with E-state index in [2.05, 4.69) is 4.99 Å². The quantitative estimate of drug-likeness (QED) is 0.523. The lowest BCUT2D eigenvalue weighted by Crippen LogP contribution is -2.40. The topological polar surface area (TPSA) is 126 Å². The molecule has 194 valence electrons. The molecule has 3 N–H and O–H groups in total. The Hall–Kier alpha value is -3.98. The Bertz CT molecular complexity index is 1250. The molecule has 0 aliphatic carbocycles. The van der Waals surface area contributed by atoms with E-state index < -0.39 is 12.0 Å². The van der Waals surface area contributed by atoms with E-state index in [0.717, 1.165) is 23.1 Å². The molecule has 0 spiro atoms. The third kappa shape index (κ3) is 5.72. The highest BCUT2D eigenvalue weighted by molar-refractivity contribution is 6.05. The van der Waals surface area contributed by atoms with Gasteiger partial charge in [0.05, 0.1) is 12.3 Å². The minimum Gasteiger partial charge on any atom is -0.480 e. The highest BCUT2D eigenvalue weighted by atomic mass is 16.7. The maximum atomic E-state index is 13.1. The zero-order valence-electron chi connectivity index (χ0n) is 21.1. The van der Waals surface area contributed by atoms with Crippen LogP contribution in [0.1, 0.15) is 55.5 Å². The number of carboxylic acids is 1. The van der Waals surface area contributed by atoms with Gasteiger partial charge < -0.3 is 15.7 Å². The van der Waals surface area contributed by atoms with Gasteiger partial charge in [0.1, 0.15) is 11.9 Å². The van der Waals surface area contributed by atoms with Crippen LogP contribution >= 0.6 is 0 Å². The van der Waals surface area contributed by atoms with E-state index in [0.29, 0.717) is 55.2 Å². The van der Waals surface area contributed by atoms with Gasteiger partial charge in [-0.05, 0) is 61.6 Å². The van der Waals surface area contributed by atoms with Crippen molar-refractivity contribution in [3.8, 4) is 11.1 Å². The second kappa shape index (κ2) is 11.4. The first-order chi connectivity index (χ1) is 17.8. The lowest BCUT2D eigenvalue weighted by atomic mass is 9.99. The number of aliphatic imine (C=N–C) groups is 1. The first-order valence-corrected chi connectivity index (χ1v) is 12.6. The summed E-state index contributed by atoms with van der Waals surface area (Å²) in [5.74, 6) is -1.13. The number of carbonyl (C=O) groups excluding carboxylic acids is 2. The average Bonchev–Trinajstić information content (AvgIpc) is 3.32. The molecular formula is C28H32N4O5. The predicted molar refractivity (Wildman–Crippen MR) is 141 cm³/mol. The standard InChI is InChI=1S/C28H32N4O5/c1-3-13-32(37-4-2)27(34)22-15-21-12-11-20(16-23(21)30-25(29)17-22)18-7-9-19(10-8-18)26(33)31-14-5-6-24(31)28(35)36/h7-12,15-16,24H,3-6,13-14,17H2,1-2H3,(H2,29,30)(H,35,36)/t24-/m1/s1. The number of amidine groups is 1. The Labute approximate surface area is 216 Å². The van der Waals surface area contributed by atoms with Gasteiger partial charge in [-0.15, -0.1) is 0 Å². The molecule has 1 atom stereocenters. The molecule has 2 aliphatic heterocycles. The monoisotopic (exact) mass is 504 g/mol. The van der Waals surface area contributed by atoms with Crippen LogP contribution < -0.4 is 5.73 Å². The van der Waals surface area contributed by atoms with Crippen molar-refractivity contribution in [2.75, 3.05) is 19.7 Å². The number of benzene rings is 2. The Balaban J connectivity index is 1.57. The van der Waals surface area contributed by atoms with Crippen LogP contribution in [0.15, 0.2) is 53.0 Å². The van der Waals surface area contributed by atoms with Crippen LogP contribution in [-0.4, -0.2) is 64.4 Å². The van der Waals surface area contributed by atoms with E-state index in [1.165, 1.54) is 9.96 Å². The summed E-state index contributed by atoms with van der Waals surface area (Å²) in [6.07, 6.45) is 3.96. The Morgan fingerprint density at radius 1 is 1.14 bits per heavy atom. The fourth-order valence-electron chi connectivity index (χ4n) is 4.69. The Morgan fingerprint density at radius 2 is 1.86 bits per heavy atom. The number of carboxylic acid groups (broad SMARTS) is 1. The molecule has 0 unspecified atom stereocenters. The average molecular weight is 505 g/mol. The van der Waals surface area contributed by atoms with Crippen molar-refractivity contribution in [1.29, 1.82) is 0 Å². The third-order valence-corrected chi connectivity index (χ3v) is 6.47. The molecule has 2 amide bonds. The largest absolute Gasteiger partial charge is 0.480 e. The SMILES string of the molecule is CCCN(OCC)C(=O)C1=Cc2ccc(-c3ccc(C(=O)N4CCC[C@@H]4C(=O)O)cc3)cc2N=C(N)C1. The molecule has 9 nitrogen and oxygen atoms in total. The highest BCUT2D eigenvalue weighted by Crippen LogP contribution is 2.32. The van der Waals surface area contributed by atoms with Gasteiger partial charge in [-0.1, -0.05) is 31.2 Å². The van der Waals surface area contributed by atoms with Crippen LogP contribution in [0.4, 0.5) is 5.69 Å². The van der Waals surface area contributed by atoms with E-state index >= 15 is 0 Å². The minimum atomic E-state index is -0.970. The smallest absolute Gasteiger partial charge is 0.326 e. The summed E-state index contributed by atoms with van der Waals surface area (Å²) in [6, 6.07) is 12.0. The minimum absolute atomic E-state index is 0.220. The van der Waals surface area contributed by atoms with Gasteiger partial charge in [-0.3, -0.25) is 14.4 Å². The summed E-state index contributed by atoms with van der Waals surface area (Å²) in [4.78, 5) is 48.9. The van der Waals surface area contributed by atoms with E-state index in [1.807, 2.05) is 50.3 Å². The number of nitrogens with two attached hydrogens (primary N) is 1. The molecule has 37 heavy (non-hydrogen) atoms. The third-order valence-electron chi connectivity index (χ3n) is 6.47. The van der Waals surface area contributed by atoms with E-state index in [9.17, 15) is 19.5 Å². The number of likely N-dealkylation sites (tertiary alicyclic amines) is 1. The van der Waals surface area contributed by atoms with Gasteiger partial charge in [0.2, 0.25) is 0 Å². The summed E-state index contributed by atoms with van der Waals surface area (Å²) in [6.45, 7) is 5.15. The second-order valence-electron chi connectivity index (χ2n) is 9.12. The molecule has 0 aromatic heterocycles. The second-order valence-corrected chi connectivity index (χ2v) is 9.12. The summed E-state index contributed by atoms with van der Waals surface area (Å²) < 4.78 is 0. The summed E-state index contributed by atoms with van der Waals surface area (Å²) >= 11 is 0. The predicted octanol–water partition coefficient (Wildman–Crippen LogP) is 4.01. The van der Waals surface area contributed by atoms with Gasteiger partial charge in [0, 0.05) is 36.2 Å². The van der Waals surface area contributed by atoms with Crippen molar-refractivity contribution in [2.45, 2.75) is 45.6 Å². The first kappa shape index (κ1) is 26.1. The maximum absolute atomic E-state index is 13.1. The van der Waals surface area contributed by atoms with Crippen LogP contribution in [0, 0.1) is 0 Å². The number of hydrogen-bond donors (Lipinski definition) is 2. The molecule has 2 aromatic carbocycles. The van der Waals surface area contributed by atoms with Crippen molar-refractivity contribution in [2.24, 2.45) is 10.7 Å². The lowest BCUT2D eigenvalue weighted by Gasteiger charge is -2.21. The summed E-state index contributed by atoms with van der Waals surface area (Å²) in [7, 11) is 0. The molecule has 9 heteroatoms. The fourth-order valence-corrected chi connectivity index (χ4v) is 4.69. The molecule has 4 rings (SSSR count). The zero-order valence-corrected chi connectivity index (χ0v) is 21.1. The lowest BCUT2D eigenvalue weighted by molar-refractivity contribution is -0.180. The number of rotatable bonds is 8. The molecule has 2 aliphatic rings. The fraction of sp³-hybridized carbons (Fsp3) is 0.357. The van der Waals surface area contributed by atoms with Crippen LogP contribution in [0.5, 0.6) is 0 Å². The van der Waals surface area contributed by atoms with Crippen LogP contribution in [0.25, 0.3) is 17.2 Å². The number of nitrogens with zero attached hydrogens (tertiary/aromatic N) is 3. The van der Waals surface area contributed by atoms with Crippen molar-refractivity contribution in [1.82, 2.24) is 9.96 Å². The molecular weight excluding hydrogens is 472 g/mol. The zero-order chi connectivity index (χ0) is 26.5. The molecule has 0 radical (unpaired) electrons. The van der Waals surface area contributed by atoms with Gasteiger partial charge >= 0.3 is 5.97 Å². The van der Waals surface area contributed by atoms with Gasteiger partial charge in [0.25, 0.3) is 11.8 Å². The van der Waals surface area contributed by atoms with E-state index in [4.69, 9.17) is 10.6 Å². The molecule has 0 bridgehead atoms. The van der Waals surface area contributed by atoms with Crippen LogP contribution in [-0.2, 0) is 14.4 Å². The Kier molecular flexibility index (Phi) is 8.03. The molecule has 1 fully saturated rings. The van der Waals surface area contributed by atoms with Gasteiger partial charge in [-0.25, -0.2) is 14.9 Å². The number of hydrogen-bond acceptors (Lipinski definition) is 6. The number of amides is 2. The van der Waals surface area contributed by atoms with Crippen LogP contribution in [0.3, 0.4) is 0 Å². The molecule has 2 heterocycles. The van der Waals surface area contributed by atoms with Crippen molar-refractivity contribution in [3.05, 3.63) is 59.2 Å². The number of carbonyl (C=O) groups is 3. The van der Waals surface area contributed by atoms with E-state index in [1.54, 1.807) is 12.1 Å². The Morgan fingerprint density at radius 3 is 2.54 bits per heavy atom. The number of fused-ring (bicyclic) bond motifs is 1. The molecule has 2 aromatic rings. The van der Waals surface area contributed by atoms with Crippen molar-refractivity contribution in [3.63, 3.8) is 0 Å². The van der Waals surface area contributed by atoms with Crippen molar-refractivity contribution >= 4 is 35.4 Å². The van der Waals surface area contributed by atoms with Crippen molar-refractivity contribution < 1.29 is 24.3 Å². The number of aliphatic carboxylic acids is 1. The van der Waals surface area contributed by atoms with Gasteiger partial charge in [-0.2, -0.15) is 0 Å². The normalized spacial score (nSPS) is 16.9. The first-order valence-electron chi connectivity index (χ1n) is 12.6. The van der Waals surface area contributed by atoms with Crippen LogP contribution in [0.2, 0.25) is 0 Å². The molecule has 1 saturated heterocycles.